The molecule has 1 atom stereocenters. The van der Waals surface area contributed by atoms with Gasteiger partial charge in [-0.05, 0) is 24.5 Å². The molecule has 1 unspecified atom stereocenters. The minimum Gasteiger partial charge on any atom is -0.481 e. The predicted octanol–water partition coefficient (Wildman–Crippen LogP) is 2.78. The van der Waals surface area contributed by atoms with Crippen LogP contribution in [-0.4, -0.2) is 23.5 Å². The number of aliphatic carboxylic acids is 1. The minimum absolute atomic E-state index is 0.0735. The van der Waals surface area contributed by atoms with Crippen LogP contribution in [0.2, 0.25) is 0 Å². The zero-order chi connectivity index (χ0) is 14.1. The molecule has 1 heterocycles. The van der Waals surface area contributed by atoms with Crippen molar-refractivity contribution in [2.45, 2.75) is 38.0 Å². The molecule has 0 aromatic heterocycles. The molecule has 1 saturated carbocycles. The number of rotatable bonds is 2. The molecule has 2 aliphatic rings. The minimum atomic E-state index is -0.851. The molecular formula is C16H19NO3. The maximum absolute atomic E-state index is 12.7. The number of carboxylic acids is 1. The summed E-state index contributed by atoms with van der Waals surface area (Å²) in [5.41, 5.74) is 1.56. The molecule has 1 amide bonds. The highest BCUT2D eigenvalue weighted by Gasteiger charge is 2.38. The average Bonchev–Trinajstić information content (AvgIpc) is 2.87. The van der Waals surface area contributed by atoms with Gasteiger partial charge in [0.1, 0.15) is 5.92 Å². The van der Waals surface area contributed by atoms with Crippen LogP contribution in [0.15, 0.2) is 24.3 Å². The third-order valence-corrected chi connectivity index (χ3v) is 4.49. The lowest BCUT2D eigenvalue weighted by Gasteiger charge is -2.26. The first-order valence-electron chi connectivity index (χ1n) is 7.31. The second kappa shape index (κ2) is 5.27. The lowest BCUT2D eigenvalue weighted by molar-refractivity contribution is -0.138. The molecule has 0 saturated heterocycles. The van der Waals surface area contributed by atoms with Gasteiger partial charge in [-0.2, -0.15) is 0 Å². The van der Waals surface area contributed by atoms with E-state index >= 15 is 0 Å². The number of anilines is 1. The van der Waals surface area contributed by atoms with Crippen LogP contribution in [0.5, 0.6) is 0 Å². The zero-order valence-electron chi connectivity index (χ0n) is 11.4. The van der Waals surface area contributed by atoms with Crippen LogP contribution >= 0.6 is 0 Å². The van der Waals surface area contributed by atoms with Crippen LogP contribution in [-0.2, 0) is 9.59 Å². The van der Waals surface area contributed by atoms with E-state index < -0.39 is 11.9 Å². The fraction of sp³-hybridized carbons (Fsp3) is 0.500. The number of benzene rings is 1. The topological polar surface area (TPSA) is 57.6 Å². The van der Waals surface area contributed by atoms with E-state index in [9.17, 15) is 14.7 Å². The molecule has 1 fully saturated rings. The van der Waals surface area contributed by atoms with E-state index in [1.807, 2.05) is 24.3 Å². The van der Waals surface area contributed by atoms with Crippen molar-refractivity contribution in [1.82, 2.24) is 0 Å². The summed E-state index contributed by atoms with van der Waals surface area (Å²) < 4.78 is 0. The molecule has 4 nitrogen and oxygen atoms in total. The summed E-state index contributed by atoms with van der Waals surface area (Å²) in [7, 11) is 0. The number of carbonyl (C=O) groups is 2. The number of carbonyl (C=O) groups excluding carboxylic acids is 1. The predicted molar refractivity (Wildman–Crippen MR) is 75.7 cm³/mol. The fourth-order valence-corrected chi connectivity index (χ4v) is 3.40. The Bertz CT molecular complexity index is 534. The monoisotopic (exact) mass is 273 g/mol. The van der Waals surface area contributed by atoms with Crippen LogP contribution in [0.4, 0.5) is 5.69 Å². The molecule has 0 bridgehead atoms. The Balaban J connectivity index is 1.87. The number of hydrogen-bond acceptors (Lipinski definition) is 2. The van der Waals surface area contributed by atoms with E-state index in [1.165, 1.54) is 6.42 Å². The van der Waals surface area contributed by atoms with Gasteiger partial charge in [0.15, 0.2) is 0 Å². The quantitative estimate of drug-likeness (QED) is 0.901. The third-order valence-electron chi connectivity index (χ3n) is 4.49. The Hall–Kier alpha value is -1.84. The molecule has 20 heavy (non-hydrogen) atoms. The van der Waals surface area contributed by atoms with Crippen molar-refractivity contribution < 1.29 is 14.7 Å². The second-order valence-electron chi connectivity index (χ2n) is 5.73. The summed E-state index contributed by atoms with van der Waals surface area (Å²) in [5.74, 6) is -1.25. The molecule has 0 radical (unpaired) electrons. The molecule has 4 heteroatoms. The van der Waals surface area contributed by atoms with Crippen LogP contribution in [0, 0.1) is 5.92 Å². The summed E-state index contributed by atoms with van der Waals surface area (Å²) in [6, 6.07) is 7.38. The van der Waals surface area contributed by atoms with Crippen molar-refractivity contribution in [2.75, 3.05) is 11.4 Å². The van der Waals surface area contributed by atoms with Crippen LogP contribution in [0.1, 0.15) is 43.6 Å². The molecular weight excluding hydrogens is 254 g/mol. The standard InChI is InChI=1S/C16H19NO3/c18-15(11-6-2-1-3-7-11)17-10-13(16(19)20)12-8-4-5-9-14(12)17/h4-5,8-9,11,13H,1-3,6-7,10H2,(H,19,20). The largest absolute Gasteiger partial charge is 0.481 e. The molecule has 3 rings (SSSR count). The van der Waals surface area contributed by atoms with Crippen molar-refractivity contribution in [2.24, 2.45) is 5.92 Å². The van der Waals surface area contributed by atoms with E-state index in [1.54, 1.807) is 4.90 Å². The highest BCUT2D eigenvalue weighted by atomic mass is 16.4. The van der Waals surface area contributed by atoms with Crippen molar-refractivity contribution in [1.29, 1.82) is 0 Å². The first-order valence-corrected chi connectivity index (χ1v) is 7.31. The van der Waals surface area contributed by atoms with Gasteiger partial charge in [0.25, 0.3) is 0 Å². The Morgan fingerprint density at radius 3 is 2.50 bits per heavy atom. The van der Waals surface area contributed by atoms with E-state index in [0.29, 0.717) is 0 Å². The van der Waals surface area contributed by atoms with E-state index in [0.717, 1.165) is 36.9 Å². The van der Waals surface area contributed by atoms with Gasteiger partial charge in [0.05, 0.1) is 0 Å². The maximum atomic E-state index is 12.7. The summed E-state index contributed by atoms with van der Waals surface area (Å²) >= 11 is 0. The highest BCUT2D eigenvalue weighted by Crippen LogP contribution is 2.38. The number of fused-ring (bicyclic) bond motifs is 1. The molecule has 0 spiro atoms. The number of nitrogens with zero attached hydrogens (tertiary/aromatic N) is 1. The smallest absolute Gasteiger partial charge is 0.312 e. The maximum Gasteiger partial charge on any atom is 0.312 e. The SMILES string of the molecule is O=C(O)C1CN(C(=O)C2CCCCC2)c2ccccc21. The highest BCUT2D eigenvalue weighted by molar-refractivity contribution is 6.00. The lowest BCUT2D eigenvalue weighted by atomic mass is 9.88. The van der Waals surface area contributed by atoms with Gasteiger partial charge < -0.3 is 10.0 Å². The van der Waals surface area contributed by atoms with Crippen LogP contribution in [0.25, 0.3) is 0 Å². The van der Waals surface area contributed by atoms with Gasteiger partial charge in [0, 0.05) is 18.2 Å². The third kappa shape index (κ3) is 2.19. The first kappa shape index (κ1) is 13.2. The second-order valence-corrected chi connectivity index (χ2v) is 5.73. The Morgan fingerprint density at radius 1 is 1.10 bits per heavy atom. The van der Waals surface area contributed by atoms with Gasteiger partial charge >= 0.3 is 5.97 Å². The van der Waals surface area contributed by atoms with Gasteiger partial charge in [-0.25, -0.2) is 0 Å². The summed E-state index contributed by atoms with van der Waals surface area (Å²) in [6.45, 7) is 0.282. The average molecular weight is 273 g/mol. The van der Waals surface area contributed by atoms with Crippen molar-refractivity contribution in [3.8, 4) is 0 Å². The van der Waals surface area contributed by atoms with E-state index in [-0.39, 0.29) is 18.4 Å². The van der Waals surface area contributed by atoms with E-state index in [2.05, 4.69) is 0 Å². The lowest BCUT2D eigenvalue weighted by Crippen LogP contribution is -2.37. The van der Waals surface area contributed by atoms with Gasteiger partial charge in [-0.15, -0.1) is 0 Å². The summed E-state index contributed by atoms with van der Waals surface area (Å²) in [6.07, 6.45) is 5.30. The van der Waals surface area contributed by atoms with E-state index in [4.69, 9.17) is 0 Å². The molecule has 1 aliphatic heterocycles. The Labute approximate surface area is 118 Å². The molecule has 106 valence electrons. The number of amides is 1. The number of para-hydroxylation sites is 1. The number of carboxylic acid groups (broad SMARTS) is 1. The van der Waals surface area contributed by atoms with Gasteiger partial charge in [-0.1, -0.05) is 37.5 Å². The fourth-order valence-electron chi connectivity index (χ4n) is 3.40. The normalized spacial score (nSPS) is 22.6. The molecule has 1 aromatic rings. The van der Waals surface area contributed by atoms with Crippen molar-refractivity contribution >= 4 is 17.6 Å². The number of hydrogen-bond donors (Lipinski definition) is 1. The van der Waals surface area contributed by atoms with Crippen LogP contribution in [0.3, 0.4) is 0 Å². The Morgan fingerprint density at radius 2 is 1.80 bits per heavy atom. The molecule has 1 aliphatic carbocycles. The first-order chi connectivity index (χ1) is 9.68. The van der Waals surface area contributed by atoms with Gasteiger partial charge in [0.2, 0.25) is 5.91 Å². The summed E-state index contributed by atoms with van der Waals surface area (Å²) in [5, 5.41) is 9.33. The van der Waals surface area contributed by atoms with Crippen molar-refractivity contribution in [3.63, 3.8) is 0 Å². The molecule has 1 N–H and O–H groups in total. The Kier molecular flexibility index (Phi) is 3.47. The van der Waals surface area contributed by atoms with Crippen LogP contribution < -0.4 is 4.90 Å². The summed E-state index contributed by atoms with van der Waals surface area (Å²) in [4.78, 5) is 25.7. The zero-order valence-corrected chi connectivity index (χ0v) is 11.4. The van der Waals surface area contributed by atoms with Crippen molar-refractivity contribution in [3.05, 3.63) is 29.8 Å². The molecule has 1 aromatic carbocycles. The van der Waals surface area contributed by atoms with Gasteiger partial charge in [-0.3, -0.25) is 9.59 Å².